The Hall–Kier alpha value is -2.44. The summed E-state index contributed by atoms with van der Waals surface area (Å²) >= 11 is 7.35. The van der Waals surface area contributed by atoms with Crippen LogP contribution in [0.3, 0.4) is 0 Å². The largest absolute Gasteiger partial charge is 0.497 e. The van der Waals surface area contributed by atoms with Gasteiger partial charge in [0.05, 0.1) is 30.4 Å². The number of thioether (sulfide) groups is 1. The minimum Gasteiger partial charge on any atom is -0.497 e. The van der Waals surface area contributed by atoms with Crippen molar-refractivity contribution in [2.24, 2.45) is 0 Å². The van der Waals surface area contributed by atoms with E-state index in [4.69, 9.17) is 21.1 Å². The number of nitrogens with zero attached hydrogens (tertiary/aromatic N) is 1. The molecule has 0 radical (unpaired) electrons. The number of carbonyl (C=O) groups excluding carboxylic acids is 2. The summed E-state index contributed by atoms with van der Waals surface area (Å²) in [6, 6.07) is 11.9. The Morgan fingerprint density at radius 3 is 2.21 bits per heavy atom. The van der Waals surface area contributed by atoms with Gasteiger partial charge < -0.3 is 9.47 Å². The van der Waals surface area contributed by atoms with Gasteiger partial charge in [-0.3, -0.25) is 9.59 Å². The van der Waals surface area contributed by atoms with Gasteiger partial charge in [0.25, 0.3) is 11.8 Å². The highest BCUT2D eigenvalue weighted by Gasteiger charge is 2.41. The van der Waals surface area contributed by atoms with E-state index in [1.165, 1.54) is 26.0 Å². The average molecular weight is 418 g/mol. The monoisotopic (exact) mass is 417 g/mol. The summed E-state index contributed by atoms with van der Waals surface area (Å²) in [6.45, 7) is 3.95. The molecule has 7 heteroatoms. The zero-order chi connectivity index (χ0) is 20.4. The molecular weight excluding hydrogens is 398 g/mol. The predicted octanol–water partition coefficient (Wildman–Crippen LogP) is 4.78. The molecule has 3 rings (SSSR count). The lowest BCUT2D eigenvalue weighted by Gasteiger charge is -2.19. The molecule has 0 unspecified atom stereocenters. The summed E-state index contributed by atoms with van der Waals surface area (Å²) in [5, 5.41) is 0.687. The van der Waals surface area contributed by atoms with E-state index in [0.717, 1.165) is 4.90 Å². The molecule has 0 fully saturated rings. The number of benzene rings is 2. The third-order valence-electron chi connectivity index (χ3n) is 4.15. The Morgan fingerprint density at radius 1 is 0.964 bits per heavy atom. The summed E-state index contributed by atoms with van der Waals surface area (Å²) in [5.74, 6) is 0.158. The molecule has 0 spiro atoms. The van der Waals surface area contributed by atoms with Gasteiger partial charge in [-0.1, -0.05) is 37.6 Å². The van der Waals surface area contributed by atoms with Gasteiger partial charge in [0.1, 0.15) is 11.5 Å². The Morgan fingerprint density at radius 2 is 1.64 bits per heavy atom. The zero-order valence-electron chi connectivity index (χ0n) is 16.0. The normalized spacial score (nSPS) is 14.3. The molecule has 0 saturated carbocycles. The minimum absolute atomic E-state index is 0.126. The third-order valence-corrected chi connectivity index (χ3v) is 5.49. The van der Waals surface area contributed by atoms with Gasteiger partial charge in [-0.15, -0.1) is 11.8 Å². The molecule has 1 aliphatic heterocycles. The van der Waals surface area contributed by atoms with Crippen LogP contribution in [0.1, 0.15) is 19.4 Å². The molecule has 5 nitrogen and oxygen atoms in total. The Labute approximate surface area is 173 Å². The zero-order valence-corrected chi connectivity index (χ0v) is 17.6. The second-order valence-corrected chi connectivity index (χ2v) is 8.38. The van der Waals surface area contributed by atoms with Crippen LogP contribution in [0.2, 0.25) is 5.02 Å². The standard InChI is InChI=1S/C21H20ClNO4S/c1-12(2)28-19-18(13-5-7-14(22)8-6-13)20(24)23(21(19)25)16-11-15(26-3)9-10-17(16)27-4/h5-12H,1-4H3. The van der Waals surface area contributed by atoms with Crippen molar-refractivity contribution in [3.05, 3.63) is 58.0 Å². The Balaban J connectivity index is 2.15. The van der Waals surface area contributed by atoms with Crippen LogP contribution in [-0.2, 0) is 9.59 Å². The van der Waals surface area contributed by atoms with Crippen molar-refractivity contribution in [3.63, 3.8) is 0 Å². The first-order valence-corrected chi connectivity index (χ1v) is 9.90. The van der Waals surface area contributed by atoms with Crippen molar-refractivity contribution < 1.29 is 19.1 Å². The van der Waals surface area contributed by atoms with Crippen LogP contribution < -0.4 is 14.4 Å². The Bertz CT molecular complexity index is 953. The van der Waals surface area contributed by atoms with E-state index >= 15 is 0 Å². The molecule has 1 aliphatic rings. The molecule has 2 aromatic carbocycles. The van der Waals surface area contributed by atoms with Crippen molar-refractivity contribution in [1.82, 2.24) is 0 Å². The van der Waals surface area contributed by atoms with Crippen LogP contribution in [-0.4, -0.2) is 31.3 Å². The van der Waals surface area contributed by atoms with Crippen molar-refractivity contribution in [1.29, 1.82) is 0 Å². The van der Waals surface area contributed by atoms with Crippen LogP contribution in [0.25, 0.3) is 5.57 Å². The maximum absolute atomic E-state index is 13.4. The van der Waals surface area contributed by atoms with Crippen LogP contribution >= 0.6 is 23.4 Å². The molecule has 0 N–H and O–H groups in total. The van der Waals surface area contributed by atoms with Gasteiger partial charge in [0.15, 0.2) is 0 Å². The first-order valence-electron chi connectivity index (χ1n) is 8.65. The van der Waals surface area contributed by atoms with Crippen LogP contribution in [0.4, 0.5) is 5.69 Å². The third kappa shape index (κ3) is 3.75. The number of hydrogen-bond acceptors (Lipinski definition) is 5. The molecule has 28 heavy (non-hydrogen) atoms. The lowest BCUT2D eigenvalue weighted by atomic mass is 10.1. The number of rotatable bonds is 6. The quantitative estimate of drug-likeness (QED) is 0.633. The summed E-state index contributed by atoms with van der Waals surface area (Å²) in [4.78, 5) is 28.2. The summed E-state index contributed by atoms with van der Waals surface area (Å²) in [6.07, 6.45) is 0. The summed E-state index contributed by atoms with van der Waals surface area (Å²) in [5.41, 5.74) is 1.36. The number of amides is 2. The van der Waals surface area contributed by atoms with E-state index < -0.39 is 5.91 Å². The van der Waals surface area contributed by atoms with Crippen molar-refractivity contribution in [2.75, 3.05) is 19.1 Å². The first-order chi connectivity index (χ1) is 13.4. The molecular formula is C21H20ClNO4S. The number of carbonyl (C=O) groups is 2. The van der Waals surface area contributed by atoms with E-state index in [9.17, 15) is 9.59 Å². The van der Waals surface area contributed by atoms with Gasteiger partial charge in [0.2, 0.25) is 0 Å². The van der Waals surface area contributed by atoms with Gasteiger partial charge in [-0.25, -0.2) is 4.90 Å². The maximum Gasteiger partial charge on any atom is 0.272 e. The number of methoxy groups -OCH3 is 2. The number of hydrogen-bond donors (Lipinski definition) is 0. The van der Waals surface area contributed by atoms with Crippen molar-refractivity contribution >= 4 is 46.4 Å². The number of ether oxygens (including phenoxy) is 2. The highest BCUT2D eigenvalue weighted by Crippen LogP contribution is 2.43. The van der Waals surface area contributed by atoms with Gasteiger partial charge in [-0.05, 0) is 29.8 Å². The fourth-order valence-corrected chi connectivity index (χ4v) is 4.03. The predicted molar refractivity (Wildman–Crippen MR) is 113 cm³/mol. The van der Waals surface area contributed by atoms with E-state index in [1.807, 2.05) is 13.8 Å². The van der Waals surface area contributed by atoms with Gasteiger partial charge in [0, 0.05) is 16.3 Å². The highest BCUT2D eigenvalue weighted by molar-refractivity contribution is 8.04. The molecule has 0 saturated heterocycles. The van der Waals surface area contributed by atoms with Crippen LogP contribution in [0.15, 0.2) is 47.4 Å². The SMILES string of the molecule is COc1ccc(OC)c(N2C(=O)C(SC(C)C)=C(c3ccc(Cl)cc3)C2=O)c1. The van der Waals surface area contributed by atoms with Gasteiger partial charge >= 0.3 is 0 Å². The second kappa shape index (κ2) is 8.29. The smallest absolute Gasteiger partial charge is 0.272 e. The molecule has 146 valence electrons. The van der Waals surface area contributed by atoms with E-state index in [2.05, 4.69) is 0 Å². The first kappa shape index (κ1) is 20.3. The summed E-state index contributed by atoms with van der Waals surface area (Å²) in [7, 11) is 3.02. The van der Waals surface area contributed by atoms with Crippen molar-refractivity contribution in [2.45, 2.75) is 19.1 Å². The van der Waals surface area contributed by atoms with E-state index in [-0.39, 0.29) is 11.2 Å². The molecule has 1 heterocycles. The number of anilines is 1. The molecule has 0 bridgehead atoms. The average Bonchev–Trinajstić information content (AvgIpc) is 2.91. The number of imide groups is 1. The molecule has 0 aromatic heterocycles. The molecule has 2 aromatic rings. The highest BCUT2D eigenvalue weighted by atomic mass is 35.5. The summed E-state index contributed by atoms with van der Waals surface area (Å²) < 4.78 is 10.6. The maximum atomic E-state index is 13.4. The fraction of sp³-hybridized carbons (Fsp3) is 0.238. The van der Waals surface area contributed by atoms with E-state index in [0.29, 0.717) is 38.3 Å². The van der Waals surface area contributed by atoms with Gasteiger partial charge in [-0.2, -0.15) is 0 Å². The molecule has 0 atom stereocenters. The lowest BCUT2D eigenvalue weighted by molar-refractivity contribution is -0.119. The molecule has 2 amide bonds. The lowest BCUT2D eigenvalue weighted by Crippen LogP contribution is -2.31. The van der Waals surface area contributed by atoms with E-state index in [1.54, 1.807) is 42.5 Å². The second-order valence-electron chi connectivity index (χ2n) is 6.36. The molecule has 0 aliphatic carbocycles. The van der Waals surface area contributed by atoms with Crippen LogP contribution in [0.5, 0.6) is 11.5 Å². The fourth-order valence-electron chi connectivity index (χ4n) is 2.92. The number of halogens is 1. The topological polar surface area (TPSA) is 55.8 Å². The Kier molecular flexibility index (Phi) is 6.01. The van der Waals surface area contributed by atoms with Crippen molar-refractivity contribution in [3.8, 4) is 11.5 Å². The van der Waals surface area contributed by atoms with Crippen LogP contribution in [0, 0.1) is 0 Å². The minimum atomic E-state index is -0.401.